The van der Waals surface area contributed by atoms with Crippen LogP contribution >= 0.6 is 11.3 Å². The molecular formula is C13H15N5OS. The molecule has 6 nitrogen and oxygen atoms in total. The number of H-pyrrole nitrogens is 1. The summed E-state index contributed by atoms with van der Waals surface area (Å²) in [4.78, 5) is 15.9. The number of fused-ring (bicyclic) bond motifs is 1. The number of nitrogens with zero attached hydrogens (tertiary/aromatic N) is 4. The summed E-state index contributed by atoms with van der Waals surface area (Å²) in [5.74, 6) is 0.0202. The van der Waals surface area contributed by atoms with Crippen molar-refractivity contribution in [1.29, 1.82) is 0 Å². The lowest BCUT2D eigenvalue weighted by Crippen LogP contribution is -2.25. The van der Waals surface area contributed by atoms with E-state index in [9.17, 15) is 4.79 Å². The summed E-state index contributed by atoms with van der Waals surface area (Å²) in [5, 5.41) is 12.0. The first kappa shape index (κ1) is 12.9. The summed E-state index contributed by atoms with van der Waals surface area (Å²) in [5.41, 5.74) is 1.94. The van der Waals surface area contributed by atoms with Crippen molar-refractivity contribution >= 4 is 27.5 Å². The highest BCUT2D eigenvalue weighted by Crippen LogP contribution is 2.28. The molecule has 3 aromatic heterocycles. The summed E-state index contributed by atoms with van der Waals surface area (Å²) < 4.78 is 1.82. The Balaban J connectivity index is 1.86. The number of hydrogen-bond donors (Lipinski definition) is 1. The van der Waals surface area contributed by atoms with Crippen molar-refractivity contribution < 1.29 is 4.79 Å². The van der Waals surface area contributed by atoms with Crippen molar-refractivity contribution in [1.82, 2.24) is 24.9 Å². The van der Waals surface area contributed by atoms with Gasteiger partial charge in [0, 0.05) is 37.8 Å². The van der Waals surface area contributed by atoms with Crippen LogP contribution in [0.5, 0.6) is 0 Å². The Bertz CT molecular complexity index is 721. The first-order valence-corrected chi connectivity index (χ1v) is 7.04. The average molecular weight is 289 g/mol. The highest BCUT2D eigenvalue weighted by atomic mass is 32.1. The van der Waals surface area contributed by atoms with Gasteiger partial charge in [0.1, 0.15) is 4.83 Å². The SMILES string of the molecule is Cc1nn(C)c2sc(C(=O)N(C)Cc3cn[nH]c3)cc12. The topological polar surface area (TPSA) is 66.8 Å². The summed E-state index contributed by atoms with van der Waals surface area (Å²) in [6.07, 6.45) is 3.52. The van der Waals surface area contributed by atoms with Gasteiger partial charge in [0.2, 0.25) is 0 Å². The fourth-order valence-corrected chi connectivity index (χ4v) is 3.33. The predicted molar refractivity (Wildman–Crippen MR) is 77.7 cm³/mol. The summed E-state index contributed by atoms with van der Waals surface area (Å²) in [6, 6.07) is 1.93. The molecule has 1 amide bonds. The molecule has 104 valence electrons. The van der Waals surface area contributed by atoms with E-state index in [1.54, 1.807) is 24.3 Å². The largest absolute Gasteiger partial charge is 0.337 e. The van der Waals surface area contributed by atoms with Gasteiger partial charge in [0.25, 0.3) is 5.91 Å². The van der Waals surface area contributed by atoms with Crippen LogP contribution in [0, 0.1) is 6.92 Å². The van der Waals surface area contributed by atoms with Crippen LogP contribution in [0.3, 0.4) is 0 Å². The molecule has 0 saturated heterocycles. The van der Waals surface area contributed by atoms with E-state index in [0.29, 0.717) is 6.54 Å². The molecule has 3 rings (SSSR count). The van der Waals surface area contributed by atoms with Gasteiger partial charge >= 0.3 is 0 Å². The number of thiophene rings is 1. The van der Waals surface area contributed by atoms with Crippen molar-refractivity contribution in [3.05, 3.63) is 34.6 Å². The second-order valence-electron chi connectivity index (χ2n) is 4.81. The van der Waals surface area contributed by atoms with Gasteiger partial charge in [-0.2, -0.15) is 10.2 Å². The highest BCUT2D eigenvalue weighted by Gasteiger charge is 2.18. The van der Waals surface area contributed by atoms with Crippen LogP contribution < -0.4 is 0 Å². The zero-order valence-electron chi connectivity index (χ0n) is 11.5. The van der Waals surface area contributed by atoms with E-state index < -0.39 is 0 Å². The molecule has 0 saturated carbocycles. The number of carbonyl (C=O) groups excluding carboxylic acids is 1. The molecule has 3 aromatic rings. The van der Waals surface area contributed by atoms with Crippen LogP contribution in [-0.2, 0) is 13.6 Å². The zero-order valence-corrected chi connectivity index (χ0v) is 12.4. The first-order chi connectivity index (χ1) is 9.56. The van der Waals surface area contributed by atoms with Crippen LogP contribution in [0.15, 0.2) is 18.5 Å². The molecule has 0 radical (unpaired) electrons. The maximum atomic E-state index is 12.4. The Hall–Kier alpha value is -2.15. The number of hydrogen-bond acceptors (Lipinski definition) is 4. The monoisotopic (exact) mass is 289 g/mol. The maximum absolute atomic E-state index is 12.4. The lowest BCUT2D eigenvalue weighted by molar-refractivity contribution is 0.0790. The van der Waals surface area contributed by atoms with E-state index in [0.717, 1.165) is 26.4 Å². The normalized spacial score (nSPS) is 11.2. The number of aromatic nitrogens is 4. The minimum Gasteiger partial charge on any atom is -0.337 e. The molecule has 0 spiro atoms. The minimum atomic E-state index is 0.0202. The summed E-state index contributed by atoms with van der Waals surface area (Å²) in [6.45, 7) is 2.50. The lowest BCUT2D eigenvalue weighted by Gasteiger charge is -2.14. The smallest absolute Gasteiger partial charge is 0.264 e. The van der Waals surface area contributed by atoms with Crippen LogP contribution in [0.4, 0.5) is 0 Å². The molecule has 0 unspecified atom stereocenters. The Morgan fingerprint density at radius 2 is 2.35 bits per heavy atom. The van der Waals surface area contributed by atoms with Gasteiger partial charge in [-0.05, 0) is 13.0 Å². The van der Waals surface area contributed by atoms with E-state index in [4.69, 9.17) is 0 Å². The molecule has 20 heavy (non-hydrogen) atoms. The fourth-order valence-electron chi connectivity index (χ4n) is 2.21. The van der Waals surface area contributed by atoms with E-state index in [-0.39, 0.29) is 5.91 Å². The standard InChI is InChI=1S/C13H15N5OS/c1-8-10-4-11(20-13(10)18(3)16-8)12(19)17(2)7-9-5-14-15-6-9/h4-6H,7H2,1-3H3,(H,14,15). The predicted octanol–water partition coefficient (Wildman–Crippen LogP) is 1.94. The van der Waals surface area contributed by atoms with Crippen LogP contribution in [-0.4, -0.2) is 37.8 Å². The molecule has 0 aromatic carbocycles. The Labute approximate surface area is 120 Å². The van der Waals surface area contributed by atoms with E-state index in [1.165, 1.54) is 11.3 Å². The molecule has 1 N–H and O–H groups in total. The third kappa shape index (κ3) is 2.09. The molecule has 0 aliphatic carbocycles. The van der Waals surface area contributed by atoms with Crippen molar-refractivity contribution in [2.75, 3.05) is 7.05 Å². The molecule has 7 heteroatoms. The van der Waals surface area contributed by atoms with Gasteiger partial charge in [0.15, 0.2) is 0 Å². The second kappa shape index (κ2) is 4.75. The van der Waals surface area contributed by atoms with Crippen LogP contribution in [0.25, 0.3) is 10.2 Å². The summed E-state index contributed by atoms with van der Waals surface area (Å²) in [7, 11) is 3.69. The van der Waals surface area contributed by atoms with E-state index in [1.807, 2.05) is 24.7 Å². The number of nitrogens with one attached hydrogen (secondary N) is 1. The molecule has 0 fully saturated rings. The average Bonchev–Trinajstić information content (AvgIpc) is 3.09. The van der Waals surface area contributed by atoms with Gasteiger partial charge in [-0.1, -0.05) is 0 Å². The number of aryl methyl sites for hydroxylation is 2. The van der Waals surface area contributed by atoms with Crippen molar-refractivity contribution in [3.63, 3.8) is 0 Å². The molecule has 0 atom stereocenters. The number of rotatable bonds is 3. The molecule has 0 aliphatic rings. The van der Waals surface area contributed by atoms with Gasteiger partial charge in [-0.15, -0.1) is 11.3 Å². The Kier molecular flexibility index (Phi) is 3.06. The number of aromatic amines is 1. The molecule has 3 heterocycles. The fraction of sp³-hybridized carbons (Fsp3) is 0.308. The van der Waals surface area contributed by atoms with Gasteiger partial charge in [-0.25, -0.2) is 0 Å². The van der Waals surface area contributed by atoms with Gasteiger partial charge < -0.3 is 4.90 Å². The van der Waals surface area contributed by atoms with Crippen LogP contribution in [0.1, 0.15) is 20.9 Å². The minimum absolute atomic E-state index is 0.0202. The molecule has 0 aliphatic heterocycles. The third-order valence-corrected chi connectivity index (χ3v) is 4.42. The van der Waals surface area contributed by atoms with Crippen molar-refractivity contribution in [2.45, 2.75) is 13.5 Å². The Morgan fingerprint density at radius 3 is 3.00 bits per heavy atom. The quantitative estimate of drug-likeness (QED) is 0.801. The molecular weight excluding hydrogens is 274 g/mol. The first-order valence-electron chi connectivity index (χ1n) is 6.22. The summed E-state index contributed by atoms with van der Waals surface area (Å²) >= 11 is 1.48. The Morgan fingerprint density at radius 1 is 1.55 bits per heavy atom. The number of carbonyl (C=O) groups is 1. The second-order valence-corrected chi connectivity index (χ2v) is 5.84. The van der Waals surface area contributed by atoms with E-state index >= 15 is 0 Å². The van der Waals surface area contributed by atoms with Gasteiger partial charge in [0.05, 0.1) is 16.8 Å². The maximum Gasteiger partial charge on any atom is 0.264 e. The highest BCUT2D eigenvalue weighted by molar-refractivity contribution is 7.20. The number of amides is 1. The van der Waals surface area contributed by atoms with Gasteiger partial charge in [-0.3, -0.25) is 14.6 Å². The van der Waals surface area contributed by atoms with Crippen molar-refractivity contribution in [3.8, 4) is 0 Å². The third-order valence-electron chi connectivity index (χ3n) is 3.23. The van der Waals surface area contributed by atoms with E-state index in [2.05, 4.69) is 15.3 Å². The molecule has 0 bridgehead atoms. The lowest BCUT2D eigenvalue weighted by atomic mass is 10.3. The zero-order chi connectivity index (χ0) is 14.3. The van der Waals surface area contributed by atoms with Crippen LogP contribution in [0.2, 0.25) is 0 Å². The van der Waals surface area contributed by atoms with Crippen molar-refractivity contribution in [2.24, 2.45) is 7.05 Å².